The summed E-state index contributed by atoms with van der Waals surface area (Å²) in [4.78, 5) is 11.2. The number of allylic oxidation sites excluding steroid dienone is 4. The number of aliphatic hydroxyl groups excluding tert-OH is 2. The van der Waals surface area contributed by atoms with Crippen LogP contribution in [0.5, 0.6) is 0 Å². The van der Waals surface area contributed by atoms with Crippen molar-refractivity contribution >= 4 is 5.97 Å². The highest BCUT2D eigenvalue weighted by atomic mass is 16.4. The molecule has 0 bridgehead atoms. The molecular weight excluding hydrogens is 424 g/mol. The highest BCUT2D eigenvalue weighted by molar-refractivity contribution is 5.85. The van der Waals surface area contributed by atoms with Gasteiger partial charge < -0.3 is 15.3 Å². The number of rotatable bonds is 5. The summed E-state index contributed by atoms with van der Waals surface area (Å²) in [7, 11) is 0. The fourth-order valence-corrected chi connectivity index (χ4v) is 8.92. The minimum atomic E-state index is -0.966. The van der Waals surface area contributed by atoms with Crippen LogP contribution in [0, 0.1) is 39.4 Å². The lowest BCUT2D eigenvalue weighted by atomic mass is 9.44. The van der Waals surface area contributed by atoms with Crippen molar-refractivity contribution in [3.05, 3.63) is 34.9 Å². The van der Waals surface area contributed by atoms with Crippen molar-refractivity contribution in [2.24, 2.45) is 39.4 Å². The van der Waals surface area contributed by atoms with E-state index in [-0.39, 0.29) is 33.3 Å². The summed E-state index contributed by atoms with van der Waals surface area (Å²) < 4.78 is 0. The zero-order valence-corrected chi connectivity index (χ0v) is 22.3. The first-order chi connectivity index (χ1) is 15.7. The molecule has 34 heavy (non-hydrogen) atoms. The summed E-state index contributed by atoms with van der Waals surface area (Å²) in [6, 6.07) is 0. The van der Waals surface area contributed by atoms with Crippen LogP contribution in [0.2, 0.25) is 0 Å². The molecule has 4 aliphatic rings. The topological polar surface area (TPSA) is 77.8 Å². The van der Waals surface area contributed by atoms with Crippen LogP contribution in [-0.2, 0) is 4.79 Å². The Labute approximate surface area is 206 Å². The summed E-state index contributed by atoms with van der Waals surface area (Å²) in [5.74, 6) is 0.291. The van der Waals surface area contributed by atoms with Crippen LogP contribution in [0.3, 0.4) is 0 Å². The van der Waals surface area contributed by atoms with E-state index in [1.165, 1.54) is 6.08 Å². The van der Waals surface area contributed by atoms with Gasteiger partial charge in [-0.15, -0.1) is 0 Å². The molecule has 0 spiro atoms. The molecule has 190 valence electrons. The molecule has 4 rings (SSSR count). The maximum absolute atomic E-state index is 11.2. The van der Waals surface area contributed by atoms with Crippen LogP contribution < -0.4 is 0 Å². The lowest BCUT2D eigenvalue weighted by Crippen LogP contribution is -2.54. The van der Waals surface area contributed by atoms with Crippen LogP contribution in [0.25, 0.3) is 0 Å². The predicted octanol–water partition coefficient (Wildman–Crippen LogP) is 6.29. The summed E-state index contributed by atoms with van der Waals surface area (Å²) >= 11 is 0. The maximum atomic E-state index is 11.2. The molecule has 0 aromatic carbocycles. The summed E-state index contributed by atoms with van der Waals surface area (Å²) in [5, 5.41) is 30.5. The van der Waals surface area contributed by atoms with Crippen molar-refractivity contribution < 1.29 is 20.1 Å². The number of hydrogen-bond acceptors (Lipinski definition) is 3. The van der Waals surface area contributed by atoms with Crippen molar-refractivity contribution in [1.82, 2.24) is 0 Å². The molecule has 4 aliphatic carbocycles. The van der Waals surface area contributed by atoms with Gasteiger partial charge in [0.2, 0.25) is 0 Å². The summed E-state index contributed by atoms with van der Waals surface area (Å²) in [6.07, 6.45) is 12.5. The van der Waals surface area contributed by atoms with Gasteiger partial charge in [-0.2, -0.15) is 0 Å². The van der Waals surface area contributed by atoms with E-state index in [1.54, 1.807) is 18.1 Å². The Kier molecular flexibility index (Phi) is 6.30. The molecule has 0 radical (unpaired) electrons. The van der Waals surface area contributed by atoms with Crippen molar-refractivity contribution in [3.8, 4) is 0 Å². The molecule has 8 atom stereocenters. The minimum Gasteiger partial charge on any atom is -0.478 e. The molecule has 4 nitrogen and oxygen atoms in total. The van der Waals surface area contributed by atoms with Gasteiger partial charge in [-0.05, 0) is 109 Å². The van der Waals surface area contributed by atoms with Gasteiger partial charge in [0.25, 0.3) is 0 Å². The van der Waals surface area contributed by atoms with Crippen molar-refractivity contribution in [3.63, 3.8) is 0 Å². The second-order valence-corrected chi connectivity index (χ2v) is 13.4. The zero-order valence-electron chi connectivity index (χ0n) is 22.3. The van der Waals surface area contributed by atoms with Gasteiger partial charge in [-0.25, -0.2) is 4.79 Å². The lowest BCUT2D eigenvalue weighted by molar-refractivity contribution is -0.132. The first-order valence-electron chi connectivity index (χ1n) is 13.4. The van der Waals surface area contributed by atoms with E-state index < -0.39 is 12.1 Å². The Morgan fingerprint density at radius 1 is 1.12 bits per heavy atom. The minimum absolute atomic E-state index is 0.0814. The van der Waals surface area contributed by atoms with Crippen molar-refractivity contribution in [1.29, 1.82) is 0 Å². The van der Waals surface area contributed by atoms with E-state index in [1.807, 2.05) is 0 Å². The number of aliphatic carboxylic acids is 1. The molecule has 0 amide bonds. The van der Waals surface area contributed by atoms with Crippen LogP contribution in [0.1, 0.15) is 93.4 Å². The Bertz CT molecular complexity index is 941. The standard InChI is InChI=1S/C30H46O4/c1-18(16-20(31)17-19(2)26(33)34)21-10-14-30(7)23-8-9-24-27(3,4)25(32)12-13-28(24,5)22(23)11-15-29(21,30)6/h8,11,17-18,20-21,24-25,31-32H,9-10,12-16H2,1-7H3,(H,33,34)/b19-17+/t18-,20-,21+,24-,25-,28-,29+,30+/m1/s1. The second-order valence-electron chi connectivity index (χ2n) is 13.4. The number of carboxylic acids is 1. The van der Waals surface area contributed by atoms with Gasteiger partial charge in [0.15, 0.2) is 0 Å². The van der Waals surface area contributed by atoms with Gasteiger partial charge in [-0.3, -0.25) is 0 Å². The van der Waals surface area contributed by atoms with E-state index in [2.05, 4.69) is 53.7 Å². The third-order valence-corrected chi connectivity index (χ3v) is 11.4. The first kappa shape index (κ1) is 25.7. The smallest absolute Gasteiger partial charge is 0.331 e. The number of fused-ring (bicyclic) bond motifs is 5. The van der Waals surface area contributed by atoms with Crippen molar-refractivity contribution in [2.45, 2.75) is 106 Å². The molecule has 2 saturated carbocycles. The van der Waals surface area contributed by atoms with Crippen LogP contribution in [0.4, 0.5) is 0 Å². The molecule has 0 unspecified atom stereocenters. The number of carbonyl (C=O) groups is 1. The molecule has 0 aromatic rings. The fourth-order valence-electron chi connectivity index (χ4n) is 8.92. The Morgan fingerprint density at radius 2 is 1.79 bits per heavy atom. The molecule has 2 fully saturated rings. The van der Waals surface area contributed by atoms with Crippen molar-refractivity contribution in [2.75, 3.05) is 0 Å². The molecule has 0 saturated heterocycles. The van der Waals surface area contributed by atoms with Crippen LogP contribution >= 0.6 is 0 Å². The fraction of sp³-hybridized carbons (Fsp3) is 0.767. The molecule has 0 aliphatic heterocycles. The number of hydrogen-bond donors (Lipinski definition) is 3. The van der Waals surface area contributed by atoms with Gasteiger partial charge in [-0.1, -0.05) is 53.7 Å². The Hall–Kier alpha value is -1.39. The number of carboxylic acid groups (broad SMARTS) is 1. The SMILES string of the molecule is C/C(=C\[C@H](O)C[C@@H](C)[C@@H]1CC[C@@]2(C)C3=CC[C@@H]4C(C)(C)[C@H](O)CC[C@]4(C)C3=CC[C@@]12C)C(=O)O. The second kappa shape index (κ2) is 8.34. The van der Waals surface area contributed by atoms with Gasteiger partial charge >= 0.3 is 5.97 Å². The monoisotopic (exact) mass is 470 g/mol. The van der Waals surface area contributed by atoms with Gasteiger partial charge in [0.1, 0.15) is 0 Å². The van der Waals surface area contributed by atoms with E-state index >= 15 is 0 Å². The maximum Gasteiger partial charge on any atom is 0.331 e. The van der Waals surface area contributed by atoms with E-state index in [4.69, 9.17) is 5.11 Å². The van der Waals surface area contributed by atoms with Gasteiger partial charge in [0.05, 0.1) is 12.2 Å². The van der Waals surface area contributed by atoms with E-state index in [0.29, 0.717) is 24.2 Å². The predicted molar refractivity (Wildman–Crippen MR) is 136 cm³/mol. The average molecular weight is 471 g/mol. The lowest BCUT2D eigenvalue weighted by Gasteiger charge is -2.61. The third-order valence-electron chi connectivity index (χ3n) is 11.4. The quantitative estimate of drug-likeness (QED) is 0.413. The normalized spacial score (nSPS) is 43.1. The molecular formula is C30H46O4. The van der Waals surface area contributed by atoms with Gasteiger partial charge in [0, 0.05) is 5.57 Å². The third kappa shape index (κ3) is 3.58. The molecule has 0 heterocycles. The molecule has 4 heteroatoms. The Morgan fingerprint density at radius 3 is 2.44 bits per heavy atom. The van der Waals surface area contributed by atoms with Crippen LogP contribution in [-0.4, -0.2) is 33.5 Å². The Balaban J connectivity index is 1.63. The summed E-state index contributed by atoms with van der Waals surface area (Å²) in [6.45, 7) is 15.7. The molecule has 3 N–H and O–H groups in total. The highest BCUT2D eigenvalue weighted by Gasteiger charge is 2.63. The zero-order chi connectivity index (χ0) is 25.3. The number of aliphatic hydroxyl groups is 2. The highest BCUT2D eigenvalue weighted by Crippen LogP contribution is 2.71. The largest absolute Gasteiger partial charge is 0.478 e. The van der Waals surface area contributed by atoms with E-state index in [9.17, 15) is 15.0 Å². The van der Waals surface area contributed by atoms with E-state index in [0.717, 1.165) is 38.5 Å². The first-order valence-corrected chi connectivity index (χ1v) is 13.4. The van der Waals surface area contributed by atoms with Crippen LogP contribution in [0.15, 0.2) is 34.9 Å². The average Bonchev–Trinajstić information content (AvgIpc) is 3.02. The summed E-state index contributed by atoms with van der Waals surface area (Å²) in [5.41, 5.74) is 3.60. The molecule has 0 aromatic heterocycles.